The summed E-state index contributed by atoms with van der Waals surface area (Å²) in [6, 6.07) is 0. The maximum Gasteiger partial charge on any atom is 0.306 e. The van der Waals surface area contributed by atoms with Crippen molar-refractivity contribution >= 4 is 17.9 Å². The van der Waals surface area contributed by atoms with Crippen molar-refractivity contribution in [3.63, 3.8) is 0 Å². The molecule has 0 radical (unpaired) electrons. The molecule has 1 atom stereocenters. The Kier molecular flexibility index (Phi) is 53.3. The van der Waals surface area contributed by atoms with Gasteiger partial charge in [-0.05, 0) is 70.6 Å². The van der Waals surface area contributed by atoms with E-state index < -0.39 is 6.10 Å². The van der Waals surface area contributed by atoms with E-state index in [9.17, 15) is 14.4 Å². The first kappa shape index (κ1) is 64.1. The molecule has 0 amide bonds. The van der Waals surface area contributed by atoms with Crippen LogP contribution in [0.1, 0.15) is 290 Å². The summed E-state index contributed by atoms with van der Waals surface area (Å²) in [7, 11) is 0. The van der Waals surface area contributed by atoms with E-state index in [0.717, 1.165) is 96.3 Å². The zero-order valence-electron chi connectivity index (χ0n) is 44.4. The van der Waals surface area contributed by atoms with Crippen LogP contribution in [0.15, 0.2) is 60.8 Å². The van der Waals surface area contributed by atoms with Gasteiger partial charge in [0.1, 0.15) is 13.2 Å². The Hall–Kier alpha value is -2.89. The van der Waals surface area contributed by atoms with E-state index in [-0.39, 0.29) is 31.1 Å². The lowest BCUT2D eigenvalue weighted by Crippen LogP contribution is -2.30. The molecule has 0 aliphatic rings. The number of carbonyl (C=O) groups excluding carboxylic acids is 3. The van der Waals surface area contributed by atoms with Crippen LogP contribution < -0.4 is 0 Å². The van der Waals surface area contributed by atoms with Gasteiger partial charge < -0.3 is 14.2 Å². The minimum absolute atomic E-state index is 0.0818. The summed E-state index contributed by atoms with van der Waals surface area (Å²) in [5.41, 5.74) is 0. The molecule has 388 valence electrons. The number of unbranched alkanes of at least 4 members (excludes halogenated alkanes) is 33. The van der Waals surface area contributed by atoms with Crippen molar-refractivity contribution < 1.29 is 28.6 Å². The second kappa shape index (κ2) is 55.7. The van der Waals surface area contributed by atoms with Crippen LogP contribution in [0.2, 0.25) is 0 Å². The Morgan fingerprint density at radius 1 is 0.328 bits per heavy atom. The lowest BCUT2D eigenvalue weighted by molar-refractivity contribution is -0.167. The number of hydrogen-bond acceptors (Lipinski definition) is 6. The fourth-order valence-corrected chi connectivity index (χ4v) is 8.24. The third-order valence-corrected chi connectivity index (χ3v) is 12.6. The number of esters is 3. The van der Waals surface area contributed by atoms with Crippen molar-refractivity contribution in [2.45, 2.75) is 297 Å². The Balaban J connectivity index is 4.35. The van der Waals surface area contributed by atoms with Gasteiger partial charge in [-0.15, -0.1) is 0 Å². The maximum atomic E-state index is 12.8. The summed E-state index contributed by atoms with van der Waals surface area (Å²) in [6.45, 7) is 6.49. The lowest BCUT2D eigenvalue weighted by atomic mass is 10.0. The molecule has 0 aromatic rings. The zero-order valence-corrected chi connectivity index (χ0v) is 44.4. The molecule has 0 aromatic carbocycles. The molecule has 1 unspecified atom stereocenters. The quantitative estimate of drug-likeness (QED) is 0.0199. The monoisotopic (exact) mass is 937 g/mol. The first-order valence-electron chi connectivity index (χ1n) is 28.8. The topological polar surface area (TPSA) is 78.9 Å². The minimum atomic E-state index is -0.785. The maximum absolute atomic E-state index is 12.8. The molecule has 0 N–H and O–H groups in total. The molecule has 0 saturated carbocycles. The first-order valence-corrected chi connectivity index (χ1v) is 28.8. The van der Waals surface area contributed by atoms with E-state index in [2.05, 4.69) is 81.5 Å². The molecule has 0 saturated heterocycles. The van der Waals surface area contributed by atoms with Crippen LogP contribution in [0.5, 0.6) is 0 Å². The normalized spacial score (nSPS) is 12.5. The average molecular weight is 938 g/mol. The van der Waals surface area contributed by atoms with Gasteiger partial charge in [0.2, 0.25) is 0 Å². The molecule has 0 spiro atoms. The van der Waals surface area contributed by atoms with Crippen molar-refractivity contribution in [3.05, 3.63) is 60.8 Å². The predicted octanol–water partition coefficient (Wildman–Crippen LogP) is 19.2. The Morgan fingerprint density at radius 2 is 0.642 bits per heavy atom. The predicted molar refractivity (Wildman–Crippen MR) is 288 cm³/mol. The lowest BCUT2D eigenvalue weighted by Gasteiger charge is -2.18. The highest BCUT2D eigenvalue weighted by Crippen LogP contribution is 2.16. The number of rotatable bonds is 52. The fourth-order valence-electron chi connectivity index (χ4n) is 8.24. The third kappa shape index (κ3) is 53.9. The highest BCUT2D eigenvalue weighted by atomic mass is 16.6. The summed E-state index contributed by atoms with van der Waals surface area (Å²) in [4.78, 5) is 38.1. The first-order chi connectivity index (χ1) is 33.0. The van der Waals surface area contributed by atoms with Crippen molar-refractivity contribution in [2.75, 3.05) is 13.2 Å². The van der Waals surface area contributed by atoms with E-state index in [1.165, 1.54) is 154 Å². The second-order valence-electron chi connectivity index (χ2n) is 19.2. The van der Waals surface area contributed by atoms with E-state index in [1.54, 1.807) is 0 Å². The third-order valence-electron chi connectivity index (χ3n) is 12.6. The summed E-state index contributed by atoms with van der Waals surface area (Å²) in [5, 5.41) is 0. The fraction of sp³-hybridized carbons (Fsp3) is 0.787. The van der Waals surface area contributed by atoms with Crippen molar-refractivity contribution in [1.29, 1.82) is 0 Å². The highest BCUT2D eigenvalue weighted by molar-refractivity contribution is 5.71. The van der Waals surface area contributed by atoms with Crippen molar-refractivity contribution in [2.24, 2.45) is 0 Å². The van der Waals surface area contributed by atoms with Gasteiger partial charge in [0.25, 0.3) is 0 Å². The Labute approximate surface area is 415 Å². The minimum Gasteiger partial charge on any atom is -0.462 e. The van der Waals surface area contributed by atoms with Gasteiger partial charge in [-0.3, -0.25) is 14.4 Å². The molecule has 0 rings (SSSR count). The summed E-state index contributed by atoms with van der Waals surface area (Å²) in [5.74, 6) is -0.899. The van der Waals surface area contributed by atoms with Gasteiger partial charge >= 0.3 is 17.9 Å². The molecule has 0 aliphatic heterocycles. The molecule has 6 heteroatoms. The van der Waals surface area contributed by atoms with E-state index in [4.69, 9.17) is 14.2 Å². The zero-order chi connectivity index (χ0) is 48.6. The van der Waals surface area contributed by atoms with Crippen LogP contribution in [0.3, 0.4) is 0 Å². The van der Waals surface area contributed by atoms with Crippen LogP contribution in [0.4, 0.5) is 0 Å². The molecule has 0 aliphatic carbocycles. The molecular weight excluding hydrogens is 829 g/mol. The van der Waals surface area contributed by atoms with Gasteiger partial charge in [-0.2, -0.15) is 0 Å². The van der Waals surface area contributed by atoms with Crippen molar-refractivity contribution in [1.82, 2.24) is 0 Å². The molecule has 6 nitrogen and oxygen atoms in total. The van der Waals surface area contributed by atoms with Gasteiger partial charge in [0.05, 0.1) is 0 Å². The van der Waals surface area contributed by atoms with E-state index in [1.807, 2.05) is 0 Å². The Morgan fingerprint density at radius 3 is 1.04 bits per heavy atom. The summed E-state index contributed by atoms with van der Waals surface area (Å²) < 4.78 is 16.9. The van der Waals surface area contributed by atoms with Crippen LogP contribution in [-0.2, 0) is 28.6 Å². The molecule has 0 heterocycles. The smallest absolute Gasteiger partial charge is 0.306 e. The standard InChI is InChI=1S/C61H108O6/c1-4-7-10-13-16-19-22-25-27-29-30-32-33-36-39-42-45-48-51-54-60(63)66-57-58(56-65-59(62)53-50-47-44-41-38-35-24-21-18-15-12-9-6-3)67-61(64)55-52-49-46-43-40-37-34-31-28-26-23-20-17-14-11-8-5-2/h9,12,15,17-18,20-21,24,26,28,58H,4-8,10-11,13-14,16,19,22-23,25,27,29-57H2,1-3H3/b12-9+,18-15+,20-17+,24-21+,28-26+. The summed E-state index contributed by atoms with van der Waals surface area (Å²) >= 11 is 0. The summed E-state index contributed by atoms with van der Waals surface area (Å²) in [6.07, 6.45) is 69.3. The molecule has 0 bridgehead atoms. The molecular formula is C61H108O6. The van der Waals surface area contributed by atoms with Gasteiger partial charge in [0, 0.05) is 19.3 Å². The second-order valence-corrected chi connectivity index (χ2v) is 19.2. The molecule has 0 fully saturated rings. The van der Waals surface area contributed by atoms with Gasteiger partial charge in [-0.1, -0.05) is 261 Å². The Bertz CT molecular complexity index is 1210. The van der Waals surface area contributed by atoms with E-state index >= 15 is 0 Å². The van der Waals surface area contributed by atoms with Crippen LogP contribution >= 0.6 is 0 Å². The highest BCUT2D eigenvalue weighted by Gasteiger charge is 2.19. The van der Waals surface area contributed by atoms with Crippen molar-refractivity contribution in [3.8, 4) is 0 Å². The van der Waals surface area contributed by atoms with Gasteiger partial charge in [0.15, 0.2) is 6.10 Å². The van der Waals surface area contributed by atoms with Crippen LogP contribution in [0, 0.1) is 0 Å². The molecule has 67 heavy (non-hydrogen) atoms. The number of ether oxygens (including phenoxy) is 3. The molecule has 0 aromatic heterocycles. The van der Waals surface area contributed by atoms with Gasteiger partial charge in [-0.25, -0.2) is 0 Å². The number of allylic oxidation sites excluding steroid dienone is 10. The number of carbonyl (C=O) groups is 3. The van der Waals surface area contributed by atoms with E-state index in [0.29, 0.717) is 19.3 Å². The SMILES string of the molecule is CC/C=C/C=C/C=C/CCCCCCCC(=O)OCC(COC(=O)CCCCCCCCCCCCCCCCCCCCC)OC(=O)CCCCCCCCC/C=C/C/C=C/CCCCC. The number of hydrogen-bond donors (Lipinski definition) is 0. The average Bonchev–Trinajstić information content (AvgIpc) is 3.33. The van der Waals surface area contributed by atoms with Crippen LogP contribution in [-0.4, -0.2) is 37.2 Å². The largest absolute Gasteiger partial charge is 0.462 e. The van der Waals surface area contributed by atoms with Crippen LogP contribution in [0.25, 0.3) is 0 Å².